The number of thioether (sulfide) groups is 1. The van der Waals surface area contributed by atoms with Gasteiger partial charge < -0.3 is 24.5 Å². The summed E-state index contributed by atoms with van der Waals surface area (Å²) < 4.78 is 16.4. The van der Waals surface area contributed by atoms with E-state index in [4.69, 9.17) is 19.6 Å². The van der Waals surface area contributed by atoms with Crippen LogP contribution in [0.15, 0.2) is 27.8 Å². The van der Waals surface area contributed by atoms with E-state index in [9.17, 15) is 0 Å². The summed E-state index contributed by atoms with van der Waals surface area (Å²) in [6.45, 7) is 1.88. The molecule has 0 atom stereocenters. The number of nitrogens with zero attached hydrogens (tertiary/aromatic N) is 6. The van der Waals surface area contributed by atoms with Gasteiger partial charge in [0.05, 0.1) is 20.0 Å². The Morgan fingerprint density at radius 2 is 1.83 bits per heavy atom. The maximum absolute atomic E-state index is 5.89. The molecule has 158 valence electrons. The highest BCUT2D eigenvalue weighted by Crippen LogP contribution is 2.33. The third-order valence-corrected chi connectivity index (χ3v) is 5.50. The number of anilines is 2. The highest BCUT2D eigenvalue weighted by atomic mass is 32.2. The molecule has 0 aliphatic carbocycles. The van der Waals surface area contributed by atoms with E-state index in [1.165, 1.54) is 18.2 Å². The summed E-state index contributed by atoms with van der Waals surface area (Å²) in [6, 6.07) is 5.42. The zero-order valence-electron chi connectivity index (χ0n) is 16.9. The summed E-state index contributed by atoms with van der Waals surface area (Å²) in [6.07, 6.45) is 3.51. The van der Waals surface area contributed by atoms with Crippen molar-refractivity contribution in [2.45, 2.75) is 30.2 Å². The van der Waals surface area contributed by atoms with Crippen molar-refractivity contribution in [3.05, 3.63) is 24.0 Å². The van der Waals surface area contributed by atoms with Crippen LogP contribution in [0.25, 0.3) is 11.5 Å². The van der Waals surface area contributed by atoms with Gasteiger partial charge in [-0.1, -0.05) is 11.8 Å². The molecular formula is C19H23N7O3S. The van der Waals surface area contributed by atoms with E-state index in [-0.39, 0.29) is 5.95 Å². The molecule has 4 rings (SSSR count). The maximum Gasteiger partial charge on any atom is 0.277 e. The Hall–Kier alpha value is -3.08. The van der Waals surface area contributed by atoms with Crippen molar-refractivity contribution in [2.24, 2.45) is 0 Å². The van der Waals surface area contributed by atoms with Crippen LogP contribution in [0.4, 0.5) is 11.9 Å². The minimum Gasteiger partial charge on any atom is -0.493 e. The molecule has 1 aromatic carbocycles. The predicted molar refractivity (Wildman–Crippen MR) is 113 cm³/mol. The molecule has 0 bridgehead atoms. The first kappa shape index (κ1) is 20.2. The lowest BCUT2D eigenvalue weighted by Crippen LogP contribution is -2.31. The van der Waals surface area contributed by atoms with Gasteiger partial charge in [0.25, 0.3) is 5.22 Å². The molecule has 30 heavy (non-hydrogen) atoms. The fourth-order valence-electron chi connectivity index (χ4n) is 3.21. The van der Waals surface area contributed by atoms with Crippen LogP contribution in [-0.4, -0.2) is 52.5 Å². The summed E-state index contributed by atoms with van der Waals surface area (Å²) in [5.41, 5.74) is 6.63. The Bertz CT molecular complexity index is 1010. The van der Waals surface area contributed by atoms with Crippen LogP contribution in [0.3, 0.4) is 0 Å². The smallest absolute Gasteiger partial charge is 0.277 e. The first-order valence-electron chi connectivity index (χ1n) is 9.60. The minimum absolute atomic E-state index is 0.220. The largest absolute Gasteiger partial charge is 0.493 e. The summed E-state index contributed by atoms with van der Waals surface area (Å²) in [7, 11) is 3.17. The molecule has 1 fully saturated rings. The Balaban J connectivity index is 1.45. The average Bonchev–Trinajstić information content (AvgIpc) is 3.26. The van der Waals surface area contributed by atoms with Crippen LogP contribution in [0.1, 0.15) is 25.1 Å². The molecule has 0 amide bonds. The highest BCUT2D eigenvalue weighted by Gasteiger charge is 2.17. The summed E-state index contributed by atoms with van der Waals surface area (Å²) >= 11 is 1.35. The van der Waals surface area contributed by atoms with Crippen LogP contribution in [-0.2, 0) is 5.75 Å². The zero-order chi connectivity index (χ0) is 20.9. The molecule has 10 nitrogen and oxygen atoms in total. The quantitative estimate of drug-likeness (QED) is 0.557. The van der Waals surface area contributed by atoms with Gasteiger partial charge in [-0.3, -0.25) is 0 Å². The van der Waals surface area contributed by atoms with Crippen LogP contribution < -0.4 is 20.1 Å². The number of hydrogen-bond donors (Lipinski definition) is 1. The second-order valence-electron chi connectivity index (χ2n) is 6.69. The topological polar surface area (TPSA) is 125 Å². The van der Waals surface area contributed by atoms with Crippen molar-refractivity contribution < 1.29 is 13.9 Å². The molecule has 0 radical (unpaired) electrons. The standard InChI is InChI=1S/C19H23N7O3S/c1-27-13-7-6-12(10-14(13)28-2)16-24-25-19(29-16)30-11-15-21-17(20)23-18(22-15)26-8-4-3-5-9-26/h6-7,10H,3-5,8-9,11H2,1-2H3,(H2,20,21,22,23). The third kappa shape index (κ3) is 4.56. The number of hydrogen-bond acceptors (Lipinski definition) is 11. The van der Waals surface area contributed by atoms with Gasteiger partial charge in [0.2, 0.25) is 17.8 Å². The number of ether oxygens (including phenoxy) is 2. The summed E-state index contributed by atoms with van der Waals surface area (Å²) in [5, 5.41) is 8.64. The molecule has 0 unspecified atom stereocenters. The van der Waals surface area contributed by atoms with Gasteiger partial charge >= 0.3 is 0 Å². The normalized spacial score (nSPS) is 14.0. The second-order valence-corrected chi connectivity index (χ2v) is 7.62. The summed E-state index contributed by atoms with van der Waals surface area (Å²) in [4.78, 5) is 15.2. The highest BCUT2D eigenvalue weighted by molar-refractivity contribution is 7.98. The molecule has 11 heteroatoms. The fourth-order valence-corrected chi connectivity index (χ4v) is 3.82. The van der Waals surface area contributed by atoms with E-state index in [1.807, 2.05) is 6.07 Å². The molecular weight excluding hydrogens is 406 g/mol. The average molecular weight is 430 g/mol. The number of aromatic nitrogens is 5. The monoisotopic (exact) mass is 429 g/mol. The molecule has 2 N–H and O–H groups in total. The predicted octanol–water partition coefficient (Wildman–Crippen LogP) is 2.80. The zero-order valence-corrected chi connectivity index (χ0v) is 17.7. The molecule has 2 aromatic heterocycles. The minimum atomic E-state index is 0.220. The third-order valence-electron chi connectivity index (χ3n) is 4.69. The Labute approximate surface area is 178 Å². The number of rotatable bonds is 7. The van der Waals surface area contributed by atoms with E-state index >= 15 is 0 Å². The van der Waals surface area contributed by atoms with Crippen molar-refractivity contribution in [3.63, 3.8) is 0 Å². The van der Waals surface area contributed by atoms with Crippen LogP contribution in [0.2, 0.25) is 0 Å². The number of benzene rings is 1. The van der Waals surface area contributed by atoms with Gasteiger partial charge in [-0.05, 0) is 37.5 Å². The maximum atomic E-state index is 5.89. The van der Waals surface area contributed by atoms with Crippen LogP contribution >= 0.6 is 11.8 Å². The lowest BCUT2D eigenvalue weighted by atomic mass is 10.1. The van der Waals surface area contributed by atoms with E-state index in [1.54, 1.807) is 26.4 Å². The molecule has 1 saturated heterocycles. The van der Waals surface area contributed by atoms with Crippen LogP contribution in [0.5, 0.6) is 11.5 Å². The van der Waals surface area contributed by atoms with Crippen molar-refractivity contribution in [2.75, 3.05) is 37.9 Å². The Morgan fingerprint density at radius 1 is 1.03 bits per heavy atom. The molecule has 0 saturated carbocycles. The number of piperidine rings is 1. The second kappa shape index (κ2) is 9.16. The lowest BCUT2D eigenvalue weighted by molar-refractivity contribution is 0.355. The van der Waals surface area contributed by atoms with E-state index < -0.39 is 0 Å². The number of nitrogen functional groups attached to an aromatic ring is 1. The van der Waals surface area contributed by atoms with Gasteiger partial charge in [0, 0.05) is 18.7 Å². The molecule has 1 aliphatic rings. The van der Waals surface area contributed by atoms with Gasteiger partial charge in [0.15, 0.2) is 11.5 Å². The lowest BCUT2D eigenvalue weighted by Gasteiger charge is -2.26. The van der Waals surface area contributed by atoms with Gasteiger partial charge in [-0.25, -0.2) is 0 Å². The van der Waals surface area contributed by atoms with Gasteiger partial charge in [-0.15, -0.1) is 10.2 Å². The fraction of sp³-hybridized carbons (Fsp3) is 0.421. The van der Waals surface area contributed by atoms with Gasteiger partial charge in [-0.2, -0.15) is 15.0 Å². The first-order valence-corrected chi connectivity index (χ1v) is 10.6. The van der Waals surface area contributed by atoms with E-state index in [0.29, 0.717) is 40.1 Å². The number of nitrogens with two attached hydrogens (primary N) is 1. The summed E-state index contributed by atoms with van der Waals surface area (Å²) in [5.74, 6) is 3.50. The van der Waals surface area contributed by atoms with Crippen LogP contribution in [0, 0.1) is 0 Å². The van der Waals surface area contributed by atoms with Crippen molar-refractivity contribution in [1.82, 2.24) is 25.1 Å². The molecule has 1 aliphatic heterocycles. The SMILES string of the molecule is COc1ccc(-c2nnc(SCc3nc(N)nc(N4CCCCC4)n3)o2)cc1OC. The van der Waals surface area contributed by atoms with Crippen molar-refractivity contribution in [3.8, 4) is 23.0 Å². The van der Waals surface area contributed by atoms with Crippen molar-refractivity contribution >= 4 is 23.7 Å². The van der Waals surface area contributed by atoms with E-state index in [2.05, 4.69) is 30.0 Å². The van der Waals surface area contributed by atoms with E-state index in [0.717, 1.165) is 31.5 Å². The molecule has 0 spiro atoms. The first-order chi connectivity index (χ1) is 14.7. The Morgan fingerprint density at radius 3 is 2.60 bits per heavy atom. The molecule has 3 aromatic rings. The molecule has 3 heterocycles. The number of methoxy groups -OCH3 is 2. The Kier molecular flexibility index (Phi) is 6.17. The van der Waals surface area contributed by atoms with Crippen molar-refractivity contribution in [1.29, 1.82) is 0 Å². The van der Waals surface area contributed by atoms with Gasteiger partial charge in [0.1, 0.15) is 5.82 Å².